The van der Waals surface area contributed by atoms with Crippen molar-refractivity contribution in [1.82, 2.24) is 0 Å². The third-order valence-electron chi connectivity index (χ3n) is 3.74. The third-order valence-corrected chi connectivity index (χ3v) is 3.74. The second-order valence-electron chi connectivity index (χ2n) is 4.73. The Morgan fingerprint density at radius 2 is 2.31 bits per heavy atom. The Balaban J connectivity index is 2.30. The summed E-state index contributed by atoms with van der Waals surface area (Å²) >= 11 is 0. The van der Waals surface area contributed by atoms with Crippen LogP contribution in [0.2, 0.25) is 0 Å². The van der Waals surface area contributed by atoms with Gasteiger partial charge in [0.25, 0.3) is 0 Å². The molecule has 1 aliphatic carbocycles. The molecule has 0 aromatic rings. The molecule has 1 saturated carbocycles. The average molecular weight is 224 g/mol. The molecule has 1 saturated heterocycles. The van der Waals surface area contributed by atoms with Crippen LogP contribution in [0.1, 0.15) is 26.7 Å². The van der Waals surface area contributed by atoms with Gasteiger partial charge in [-0.3, -0.25) is 9.59 Å². The van der Waals surface area contributed by atoms with Gasteiger partial charge in [-0.2, -0.15) is 0 Å². The summed E-state index contributed by atoms with van der Waals surface area (Å²) in [5, 5.41) is 0. The van der Waals surface area contributed by atoms with Gasteiger partial charge in [0, 0.05) is 12.8 Å². The lowest BCUT2D eigenvalue weighted by Gasteiger charge is -2.39. The van der Waals surface area contributed by atoms with Gasteiger partial charge in [0.15, 0.2) is 0 Å². The van der Waals surface area contributed by atoms with E-state index in [0.717, 1.165) is 12.0 Å². The Kier molecular flexibility index (Phi) is 2.52. The lowest BCUT2D eigenvalue weighted by atomic mass is 9.65. The predicted molar refractivity (Wildman–Crippen MR) is 56.5 cm³/mol. The summed E-state index contributed by atoms with van der Waals surface area (Å²) in [5.74, 6) is -0.639. The minimum absolute atomic E-state index is 0.0156. The van der Waals surface area contributed by atoms with Gasteiger partial charge in [0.05, 0.1) is 6.61 Å². The van der Waals surface area contributed by atoms with Crippen molar-refractivity contribution in [2.75, 3.05) is 6.61 Å². The highest BCUT2D eigenvalue weighted by Gasteiger charge is 2.58. The number of cyclic esters (lactones) is 1. The van der Waals surface area contributed by atoms with Gasteiger partial charge in [0.1, 0.15) is 11.5 Å². The highest BCUT2D eigenvalue weighted by molar-refractivity contribution is 5.81. The molecule has 0 aromatic heterocycles. The first-order chi connectivity index (χ1) is 7.46. The molecule has 2 rings (SSSR count). The van der Waals surface area contributed by atoms with Crippen molar-refractivity contribution in [1.29, 1.82) is 0 Å². The summed E-state index contributed by atoms with van der Waals surface area (Å²) in [6.45, 7) is 7.52. The van der Waals surface area contributed by atoms with Crippen LogP contribution < -0.4 is 0 Å². The molecule has 0 radical (unpaired) electrons. The number of fused-ring (bicyclic) bond motifs is 1. The summed E-state index contributed by atoms with van der Waals surface area (Å²) in [7, 11) is 0. The van der Waals surface area contributed by atoms with Gasteiger partial charge in [-0.25, -0.2) is 0 Å². The molecule has 0 spiro atoms. The van der Waals surface area contributed by atoms with Crippen LogP contribution in [0.4, 0.5) is 0 Å². The standard InChI is InChI=1S/C12H16O4/c1-7-4-5-10(16-8(2)13)12(3)9(7)6-15-11(12)14/h9-10H,1,4-6H2,2-3H3/t9-,10+,12+/m1/s1. The maximum atomic E-state index is 11.8. The minimum Gasteiger partial charge on any atom is -0.464 e. The first kappa shape index (κ1) is 11.2. The van der Waals surface area contributed by atoms with Gasteiger partial charge in [-0.05, 0) is 19.8 Å². The summed E-state index contributed by atoms with van der Waals surface area (Å²) in [4.78, 5) is 22.8. The third kappa shape index (κ3) is 1.44. The Hall–Kier alpha value is -1.32. The summed E-state index contributed by atoms with van der Waals surface area (Å²) in [5.41, 5.74) is 0.290. The van der Waals surface area contributed by atoms with Crippen LogP contribution in [0.3, 0.4) is 0 Å². The summed E-state index contributed by atoms with van der Waals surface area (Å²) in [6.07, 6.45) is 1.06. The minimum atomic E-state index is -0.735. The molecule has 16 heavy (non-hydrogen) atoms. The second kappa shape index (κ2) is 3.61. The molecule has 1 aliphatic heterocycles. The van der Waals surface area contributed by atoms with E-state index in [9.17, 15) is 9.59 Å². The predicted octanol–water partition coefficient (Wildman–Crippen LogP) is 1.45. The zero-order valence-electron chi connectivity index (χ0n) is 9.62. The van der Waals surface area contributed by atoms with Gasteiger partial charge in [-0.1, -0.05) is 12.2 Å². The lowest BCUT2D eigenvalue weighted by molar-refractivity contribution is -0.165. The average Bonchev–Trinajstić information content (AvgIpc) is 2.50. The molecule has 4 nitrogen and oxygen atoms in total. The summed E-state index contributed by atoms with van der Waals surface area (Å²) in [6, 6.07) is 0. The van der Waals surface area contributed by atoms with Crippen molar-refractivity contribution in [3.8, 4) is 0 Å². The van der Waals surface area contributed by atoms with Gasteiger partial charge < -0.3 is 9.47 Å². The van der Waals surface area contributed by atoms with E-state index in [2.05, 4.69) is 6.58 Å². The number of ether oxygens (including phenoxy) is 2. The molecule has 2 fully saturated rings. The van der Waals surface area contributed by atoms with Crippen molar-refractivity contribution in [3.63, 3.8) is 0 Å². The number of hydrogen-bond acceptors (Lipinski definition) is 4. The molecule has 4 heteroatoms. The SMILES string of the molecule is C=C1CC[C@H](OC(C)=O)[C@@]2(C)C(=O)OC[C@H]12. The van der Waals surface area contributed by atoms with Crippen LogP contribution >= 0.6 is 0 Å². The van der Waals surface area contributed by atoms with E-state index in [4.69, 9.17) is 9.47 Å². The molecule has 0 amide bonds. The fraction of sp³-hybridized carbons (Fsp3) is 0.667. The van der Waals surface area contributed by atoms with Gasteiger partial charge >= 0.3 is 11.9 Å². The van der Waals surface area contributed by atoms with Crippen LogP contribution in [0.15, 0.2) is 12.2 Å². The highest BCUT2D eigenvalue weighted by Crippen LogP contribution is 2.49. The first-order valence-corrected chi connectivity index (χ1v) is 5.48. The van der Waals surface area contributed by atoms with E-state index < -0.39 is 5.41 Å². The van der Waals surface area contributed by atoms with Crippen molar-refractivity contribution in [3.05, 3.63) is 12.2 Å². The summed E-state index contributed by atoms with van der Waals surface area (Å²) < 4.78 is 10.3. The zero-order chi connectivity index (χ0) is 11.9. The molecule has 1 heterocycles. The van der Waals surface area contributed by atoms with E-state index in [1.165, 1.54) is 6.92 Å². The van der Waals surface area contributed by atoms with E-state index in [1.807, 2.05) is 6.92 Å². The van der Waals surface area contributed by atoms with Crippen LogP contribution in [-0.2, 0) is 19.1 Å². The topological polar surface area (TPSA) is 52.6 Å². The Morgan fingerprint density at radius 3 is 2.94 bits per heavy atom. The number of hydrogen-bond donors (Lipinski definition) is 0. The zero-order valence-corrected chi connectivity index (χ0v) is 9.62. The Labute approximate surface area is 94.6 Å². The molecule has 0 N–H and O–H groups in total. The molecular formula is C12H16O4. The largest absolute Gasteiger partial charge is 0.464 e. The first-order valence-electron chi connectivity index (χ1n) is 5.48. The van der Waals surface area contributed by atoms with Crippen molar-refractivity contribution in [2.45, 2.75) is 32.8 Å². The Morgan fingerprint density at radius 1 is 1.62 bits per heavy atom. The van der Waals surface area contributed by atoms with E-state index >= 15 is 0 Å². The number of esters is 2. The Bertz CT molecular complexity index is 360. The number of rotatable bonds is 1. The van der Waals surface area contributed by atoms with E-state index in [-0.39, 0.29) is 24.0 Å². The van der Waals surface area contributed by atoms with Gasteiger partial charge in [-0.15, -0.1) is 0 Å². The second-order valence-corrected chi connectivity index (χ2v) is 4.73. The maximum Gasteiger partial charge on any atom is 0.316 e. The van der Waals surface area contributed by atoms with E-state index in [1.54, 1.807) is 0 Å². The lowest BCUT2D eigenvalue weighted by Crippen LogP contribution is -2.47. The maximum absolute atomic E-state index is 11.8. The number of carbonyl (C=O) groups is 2. The normalized spacial score (nSPS) is 37.9. The fourth-order valence-electron chi connectivity index (χ4n) is 2.70. The fourth-order valence-corrected chi connectivity index (χ4v) is 2.70. The van der Waals surface area contributed by atoms with Crippen LogP contribution in [0.5, 0.6) is 0 Å². The molecule has 0 aromatic carbocycles. The van der Waals surface area contributed by atoms with Crippen molar-refractivity contribution >= 4 is 11.9 Å². The highest BCUT2D eigenvalue weighted by atomic mass is 16.6. The van der Waals surface area contributed by atoms with Gasteiger partial charge in [0.2, 0.25) is 0 Å². The molecule has 3 atom stereocenters. The van der Waals surface area contributed by atoms with E-state index in [0.29, 0.717) is 13.0 Å². The molecule has 0 bridgehead atoms. The van der Waals surface area contributed by atoms with Crippen LogP contribution in [-0.4, -0.2) is 24.6 Å². The van der Waals surface area contributed by atoms with Crippen LogP contribution in [0, 0.1) is 11.3 Å². The quantitative estimate of drug-likeness (QED) is 0.499. The van der Waals surface area contributed by atoms with Crippen LogP contribution in [0.25, 0.3) is 0 Å². The molecule has 0 unspecified atom stereocenters. The smallest absolute Gasteiger partial charge is 0.316 e. The van der Waals surface area contributed by atoms with Crippen molar-refractivity contribution in [2.24, 2.45) is 11.3 Å². The molecule has 2 aliphatic rings. The van der Waals surface area contributed by atoms with Crippen molar-refractivity contribution < 1.29 is 19.1 Å². The number of carbonyl (C=O) groups excluding carboxylic acids is 2. The molecular weight excluding hydrogens is 208 g/mol. The monoisotopic (exact) mass is 224 g/mol. The molecule has 88 valence electrons.